The van der Waals surface area contributed by atoms with Crippen molar-refractivity contribution in [3.05, 3.63) is 321 Å². The minimum Gasteiger partial charge on any atom is -0.310 e. The molecule has 13 aromatic rings. The third-order valence-corrected chi connectivity index (χ3v) is 19.9. The fourth-order valence-electron chi connectivity index (χ4n) is 14.1. The number of anilines is 6. The first-order chi connectivity index (χ1) is 44.9. The van der Waals surface area contributed by atoms with Gasteiger partial charge in [0.15, 0.2) is 0 Å². The van der Waals surface area contributed by atoms with Crippen molar-refractivity contribution in [2.75, 3.05) is 9.80 Å². The van der Waals surface area contributed by atoms with Crippen LogP contribution in [0.25, 0.3) is 55.8 Å². The van der Waals surface area contributed by atoms with Crippen LogP contribution in [0.1, 0.15) is 107 Å². The summed E-state index contributed by atoms with van der Waals surface area (Å²) in [4.78, 5) is 10.3. The molecule has 2 aromatic heterocycles. The first-order valence-electron chi connectivity index (χ1n) is 32.2. The van der Waals surface area contributed by atoms with Gasteiger partial charge in [-0.25, -0.2) is 0 Å². The topological polar surface area (TPSA) is 38.5 Å². The van der Waals surface area contributed by atoms with Gasteiger partial charge in [-0.15, -0.1) is 0 Å². The van der Waals surface area contributed by atoms with Crippen molar-refractivity contribution >= 4 is 45.3 Å². The monoisotopic (exact) mass is 1390 g/mol. The molecule has 0 N–H and O–H groups in total. The summed E-state index contributed by atoms with van der Waals surface area (Å²) in [6.07, 6.45) is 2.05. The fraction of sp³-hybridized carbons (Fsp3) is 0.163. The molecule has 460 valence electrons. The predicted molar refractivity (Wildman–Crippen MR) is 380 cm³/mol. The van der Waals surface area contributed by atoms with Crippen molar-refractivity contribution in [2.24, 2.45) is 0 Å². The molecule has 2 aliphatic heterocycles. The number of aromatic nitrogens is 3. The molecule has 15 rings (SSSR count). The van der Waals surface area contributed by atoms with E-state index in [0.717, 1.165) is 111 Å². The average Bonchev–Trinajstić information content (AvgIpc) is 1.09. The third kappa shape index (κ3) is 10.1. The zero-order valence-corrected chi connectivity index (χ0v) is 56.6. The SMILES string of the molecule is Cc1cc(N2c3[c-]c(Oc4[c-]c(-n5[c](=[Pt])n(-c6c(-c7ccccc7)cccc6-c6ccccc6)c6ccccc65)ccc4)ccc3C3(c4ccccc42)c2cc(C(C)(C)C)ccc2N(c2ccccc2)c2ccc(C(C)(C)C)cc23)ncc1-c1ccc(C(C)(C)C)cc1. The number of benzene rings is 11. The molecule has 93 heavy (non-hydrogen) atoms. The molecular formula is C86H73N5OPt-2. The van der Waals surface area contributed by atoms with Crippen LogP contribution in [0.5, 0.6) is 11.5 Å². The van der Waals surface area contributed by atoms with Gasteiger partial charge in [0.25, 0.3) is 0 Å². The van der Waals surface area contributed by atoms with Crippen LogP contribution in [-0.2, 0) is 41.0 Å². The van der Waals surface area contributed by atoms with Crippen LogP contribution >= 0.6 is 0 Å². The molecule has 0 amide bonds. The van der Waals surface area contributed by atoms with Crippen LogP contribution in [0.3, 0.4) is 0 Å². The maximum absolute atomic E-state index is 7.24. The number of nitrogens with zero attached hydrogens (tertiary/aromatic N) is 5. The van der Waals surface area contributed by atoms with E-state index in [1.54, 1.807) is 0 Å². The number of hydrogen-bond donors (Lipinski definition) is 0. The smallest absolute Gasteiger partial charge is 0.310 e. The number of ether oxygens (including phenoxy) is 1. The first-order valence-corrected chi connectivity index (χ1v) is 33.3. The van der Waals surface area contributed by atoms with Crippen LogP contribution in [-0.4, -0.2) is 14.1 Å². The summed E-state index contributed by atoms with van der Waals surface area (Å²) in [6, 6.07) is 101. The van der Waals surface area contributed by atoms with Crippen LogP contribution in [0.15, 0.2) is 261 Å². The number of imidazole rings is 1. The molecular weight excluding hydrogens is 1310 g/mol. The van der Waals surface area contributed by atoms with Gasteiger partial charge in [-0.2, -0.15) is 0 Å². The summed E-state index contributed by atoms with van der Waals surface area (Å²) in [5.41, 5.74) is 24.4. The zero-order chi connectivity index (χ0) is 64.1. The van der Waals surface area contributed by atoms with E-state index >= 15 is 0 Å². The zero-order valence-electron chi connectivity index (χ0n) is 54.3. The van der Waals surface area contributed by atoms with Crippen LogP contribution < -0.4 is 14.5 Å². The number of hydrogen-bond acceptors (Lipinski definition) is 4. The summed E-state index contributed by atoms with van der Waals surface area (Å²) >= 11 is 2.51. The molecule has 0 fully saturated rings. The van der Waals surface area contributed by atoms with Gasteiger partial charge in [0.1, 0.15) is 0 Å². The molecule has 4 heterocycles. The van der Waals surface area contributed by atoms with E-state index in [1.165, 1.54) is 27.8 Å². The Labute approximate surface area is 558 Å². The molecule has 0 saturated carbocycles. The Kier molecular flexibility index (Phi) is 14.5. The Bertz CT molecular complexity index is 4980. The Morgan fingerprint density at radius 1 is 0.409 bits per heavy atom. The van der Waals surface area contributed by atoms with Crippen molar-refractivity contribution in [1.82, 2.24) is 14.1 Å². The van der Waals surface area contributed by atoms with Crippen molar-refractivity contribution < 1.29 is 24.1 Å². The van der Waals surface area contributed by atoms with Gasteiger partial charge in [0.05, 0.1) is 0 Å². The standard InChI is InChI=1S/C86H73N5O.Pt/c1-57-50-81(87-55-70(57)60-40-42-61(43-41-60)83(2,3)4)91-75-37-21-20-36-71(75)86(73-51-62(84(5,6)7)44-48-76(73)90(64-30-18-13-19-31-64)77-49-45-63(52-74(77)86)85(8,9)10)72-47-46-67(54-80(72)91)92-66-33-24-32-65(53-66)88-56-89(79-39-23-22-38-78(79)88)82-68(58-26-14-11-15-27-58)34-25-35-69(82)59-28-16-12-17-29-59;/h11-52,55H,1-10H3;/q-2;. The molecule has 6 nitrogen and oxygen atoms in total. The average molecular weight is 1390 g/mol. The maximum atomic E-state index is 7.24. The quantitative estimate of drug-likeness (QED) is 0.135. The first kappa shape index (κ1) is 59.4. The number of rotatable bonds is 9. The number of para-hydroxylation sites is 5. The molecule has 2 aliphatic rings. The van der Waals surface area contributed by atoms with Gasteiger partial charge in [0.2, 0.25) is 0 Å². The minimum absolute atomic E-state index is 0.0350. The van der Waals surface area contributed by atoms with Crippen LogP contribution in [0.4, 0.5) is 34.3 Å². The van der Waals surface area contributed by atoms with E-state index in [1.807, 2.05) is 6.07 Å². The van der Waals surface area contributed by atoms with Crippen molar-refractivity contribution in [1.29, 1.82) is 0 Å². The number of aryl methyl sites for hydroxylation is 1. The summed E-state index contributed by atoms with van der Waals surface area (Å²) in [5.74, 6) is 1.90. The van der Waals surface area contributed by atoms with Gasteiger partial charge in [-0.1, -0.05) is 147 Å². The van der Waals surface area contributed by atoms with E-state index in [2.05, 4.69) is 375 Å². The molecule has 0 aliphatic carbocycles. The minimum atomic E-state index is -0.868. The molecule has 0 saturated heterocycles. The van der Waals surface area contributed by atoms with Crippen LogP contribution in [0, 0.1) is 22.9 Å². The second-order valence-corrected chi connectivity index (χ2v) is 28.9. The van der Waals surface area contributed by atoms with Crippen molar-refractivity contribution in [3.63, 3.8) is 0 Å². The molecule has 0 atom stereocenters. The van der Waals surface area contributed by atoms with E-state index in [4.69, 9.17) is 9.72 Å². The molecule has 11 aromatic carbocycles. The van der Waals surface area contributed by atoms with E-state index in [0.29, 0.717) is 11.5 Å². The van der Waals surface area contributed by atoms with Gasteiger partial charge >= 0.3 is 306 Å². The summed E-state index contributed by atoms with van der Waals surface area (Å²) in [6.45, 7) is 22.9. The van der Waals surface area contributed by atoms with Gasteiger partial charge in [0, 0.05) is 28.8 Å². The van der Waals surface area contributed by atoms with E-state index < -0.39 is 5.41 Å². The second-order valence-electron chi connectivity index (χ2n) is 27.8. The van der Waals surface area contributed by atoms with E-state index in [-0.39, 0.29) is 16.2 Å². The van der Waals surface area contributed by atoms with Gasteiger partial charge < -0.3 is 4.90 Å². The molecule has 0 unspecified atom stereocenters. The van der Waals surface area contributed by atoms with Gasteiger partial charge in [-0.3, -0.25) is 0 Å². The Balaban J connectivity index is 0.944. The molecule has 0 radical (unpaired) electrons. The van der Waals surface area contributed by atoms with Crippen molar-refractivity contribution in [2.45, 2.75) is 90.9 Å². The normalized spacial score (nSPS) is 13.4. The van der Waals surface area contributed by atoms with E-state index in [9.17, 15) is 0 Å². The Morgan fingerprint density at radius 2 is 0.914 bits per heavy atom. The number of fused-ring (bicyclic) bond motifs is 9. The third-order valence-electron chi connectivity index (χ3n) is 18.8. The Morgan fingerprint density at radius 3 is 1.51 bits per heavy atom. The van der Waals surface area contributed by atoms with Crippen molar-refractivity contribution in [3.8, 4) is 56.3 Å². The number of pyridine rings is 1. The van der Waals surface area contributed by atoms with Gasteiger partial charge in [-0.05, 0) is 75.3 Å². The predicted octanol–water partition coefficient (Wildman–Crippen LogP) is 22.4. The Hall–Kier alpha value is -9.87. The second kappa shape index (κ2) is 22.8. The summed E-state index contributed by atoms with van der Waals surface area (Å²) in [7, 11) is 0. The summed E-state index contributed by atoms with van der Waals surface area (Å²) in [5, 5.41) is 0. The molecule has 1 spiro atoms. The molecule has 0 bridgehead atoms. The van der Waals surface area contributed by atoms with Crippen LogP contribution in [0.2, 0.25) is 0 Å². The molecule has 7 heteroatoms. The fourth-order valence-corrected chi connectivity index (χ4v) is 15.2. The summed E-state index contributed by atoms with van der Waals surface area (Å²) < 4.78 is 12.9.